The van der Waals surface area contributed by atoms with Gasteiger partial charge in [-0.25, -0.2) is 4.79 Å². The van der Waals surface area contributed by atoms with Crippen molar-refractivity contribution in [1.29, 1.82) is 0 Å². The summed E-state index contributed by atoms with van der Waals surface area (Å²) >= 11 is 0. The minimum absolute atomic E-state index is 0.0556. The number of carboxylic acid groups (broad SMARTS) is 1. The van der Waals surface area contributed by atoms with Gasteiger partial charge >= 0.3 is 12.1 Å². The molecule has 0 saturated carbocycles. The molecule has 1 heterocycles. The molecule has 1 aliphatic heterocycles. The Morgan fingerprint density at radius 1 is 1.00 bits per heavy atom. The van der Waals surface area contributed by atoms with Crippen LogP contribution in [0, 0.1) is 11.3 Å². The van der Waals surface area contributed by atoms with E-state index in [2.05, 4.69) is 29.6 Å². The Morgan fingerprint density at radius 2 is 1.54 bits per heavy atom. The van der Waals surface area contributed by atoms with Crippen LogP contribution in [-0.4, -0.2) is 53.7 Å². The maximum absolute atomic E-state index is 13.3. The second kappa shape index (κ2) is 10.1. The van der Waals surface area contributed by atoms with Gasteiger partial charge in [0.05, 0.1) is 5.92 Å². The Labute approximate surface area is 206 Å². The lowest BCUT2D eigenvalue weighted by Gasteiger charge is -2.34. The van der Waals surface area contributed by atoms with Crippen molar-refractivity contribution in [3.8, 4) is 11.1 Å². The number of fused-ring (bicyclic) bond motifs is 3. The number of likely N-dealkylation sites (tertiary alicyclic amines) is 1. The molecular weight excluding hydrogens is 444 g/mol. The van der Waals surface area contributed by atoms with Gasteiger partial charge in [0.1, 0.15) is 12.6 Å². The number of piperidine rings is 1. The average molecular weight is 479 g/mol. The monoisotopic (exact) mass is 478 g/mol. The van der Waals surface area contributed by atoms with E-state index in [1.807, 2.05) is 45.0 Å². The third kappa shape index (κ3) is 5.66. The fourth-order valence-electron chi connectivity index (χ4n) is 5.16. The van der Waals surface area contributed by atoms with Gasteiger partial charge in [0.2, 0.25) is 5.91 Å². The summed E-state index contributed by atoms with van der Waals surface area (Å²) in [7, 11) is 0. The number of carbonyl (C=O) groups excluding carboxylic acids is 2. The molecule has 0 radical (unpaired) electrons. The Morgan fingerprint density at radius 3 is 2.06 bits per heavy atom. The quantitative estimate of drug-likeness (QED) is 0.630. The summed E-state index contributed by atoms with van der Waals surface area (Å²) < 4.78 is 5.67. The first-order valence-electron chi connectivity index (χ1n) is 12.3. The van der Waals surface area contributed by atoms with Crippen molar-refractivity contribution in [2.24, 2.45) is 11.3 Å². The summed E-state index contributed by atoms with van der Waals surface area (Å²) in [6, 6.07) is 15.6. The molecule has 1 aliphatic carbocycles. The number of aliphatic carboxylic acids is 1. The number of benzene rings is 2. The van der Waals surface area contributed by atoms with Crippen LogP contribution in [0.2, 0.25) is 0 Å². The summed E-state index contributed by atoms with van der Waals surface area (Å²) in [5, 5.41) is 12.0. The SMILES string of the molecule is CC(C)(C)CC(NC(=O)OCC1c2ccccc2-c2ccccc21)C(=O)N1CCC(C(=O)O)CC1. The summed E-state index contributed by atoms with van der Waals surface area (Å²) in [5.41, 5.74) is 4.37. The largest absolute Gasteiger partial charge is 0.481 e. The van der Waals surface area contributed by atoms with Crippen molar-refractivity contribution in [1.82, 2.24) is 10.2 Å². The minimum atomic E-state index is -0.819. The van der Waals surface area contributed by atoms with E-state index in [0.717, 1.165) is 22.3 Å². The number of ether oxygens (including phenoxy) is 1. The second-order valence-corrected chi connectivity index (χ2v) is 10.7. The third-order valence-corrected chi connectivity index (χ3v) is 6.91. The summed E-state index contributed by atoms with van der Waals surface area (Å²) in [4.78, 5) is 39.1. The Balaban J connectivity index is 1.42. The van der Waals surface area contributed by atoms with Gasteiger partial charge in [-0.3, -0.25) is 9.59 Å². The normalized spacial score (nSPS) is 16.8. The first kappa shape index (κ1) is 24.8. The summed E-state index contributed by atoms with van der Waals surface area (Å²) in [5.74, 6) is -1.48. The molecule has 0 bridgehead atoms. The molecule has 1 unspecified atom stereocenters. The molecule has 2 aliphatic rings. The highest BCUT2D eigenvalue weighted by molar-refractivity contribution is 5.86. The van der Waals surface area contributed by atoms with Gasteiger partial charge in [0.15, 0.2) is 0 Å². The first-order valence-corrected chi connectivity index (χ1v) is 12.3. The van der Waals surface area contributed by atoms with Crippen LogP contribution in [0.15, 0.2) is 48.5 Å². The first-order chi connectivity index (χ1) is 16.6. The van der Waals surface area contributed by atoms with Crippen molar-refractivity contribution in [3.63, 3.8) is 0 Å². The fourth-order valence-corrected chi connectivity index (χ4v) is 5.16. The third-order valence-electron chi connectivity index (χ3n) is 6.91. The number of nitrogens with zero attached hydrogens (tertiary/aromatic N) is 1. The van der Waals surface area contributed by atoms with Crippen LogP contribution < -0.4 is 5.32 Å². The van der Waals surface area contributed by atoms with E-state index in [-0.39, 0.29) is 23.8 Å². The number of carbonyl (C=O) groups is 3. The predicted octanol–water partition coefficient (Wildman–Crippen LogP) is 4.65. The lowest BCUT2D eigenvalue weighted by Crippen LogP contribution is -2.52. The number of carboxylic acids is 1. The highest BCUT2D eigenvalue weighted by Crippen LogP contribution is 2.44. The van der Waals surface area contributed by atoms with Gasteiger partial charge in [0, 0.05) is 19.0 Å². The predicted molar refractivity (Wildman–Crippen MR) is 133 cm³/mol. The Hall–Kier alpha value is -3.35. The maximum Gasteiger partial charge on any atom is 0.407 e. The van der Waals surface area contributed by atoms with Crippen LogP contribution in [0.5, 0.6) is 0 Å². The zero-order chi connectivity index (χ0) is 25.2. The van der Waals surface area contributed by atoms with Crippen LogP contribution in [0.1, 0.15) is 57.1 Å². The molecule has 7 nitrogen and oxygen atoms in total. The van der Waals surface area contributed by atoms with Crippen molar-refractivity contribution in [2.45, 2.75) is 52.0 Å². The van der Waals surface area contributed by atoms with Gasteiger partial charge in [0.25, 0.3) is 0 Å². The molecule has 186 valence electrons. The van der Waals surface area contributed by atoms with E-state index in [4.69, 9.17) is 4.74 Å². The number of alkyl carbamates (subject to hydrolysis) is 1. The highest BCUT2D eigenvalue weighted by Gasteiger charge is 2.34. The van der Waals surface area contributed by atoms with Crippen LogP contribution >= 0.6 is 0 Å². The molecule has 4 rings (SSSR count). The van der Waals surface area contributed by atoms with Gasteiger partial charge < -0.3 is 20.1 Å². The number of nitrogens with one attached hydrogen (secondary N) is 1. The molecule has 2 N–H and O–H groups in total. The van der Waals surface area contributed by atoms with Gasteiger partial charge in [-0.15, -0.1) is 0 Å². The fraction of sp³-hybridized carbons (Fsp3) is 0.464. The molecule has 1 atom stereocenters. The van der Waals surface area contributed by atoms with Crippen LogP contribution in [0.3, 0.4) is 0 Å². The second-order valence-electron chi connectivity index (χ2n) is 10.7. The molecule has 2 aromatic carbocycles. The van der Waals surface area contributed by atoms with Gasteiger partial charge in [-0.2, -0.15) is 0 Å². The van der Waals surface area contributed by atoms with E-state index in [1.54, 1.807) is 4.90 Å². The van der Waals surface area contributed by atoms with Crippen LogP contribution in [0.4, 0.5) is 4.79 Å². The molecule has 0 spiro atoms. The van der Waals surface area contributed by atoms with E-state index in [1.165, 1.54) is 0 Å². The van der Waals surface area contributed by atoms with Gasteiger partial charge in [-0.05, 0) is 46.9 Å². The summed E-state index contributed by atoms with van der Waals surface area (Å²) in [6.45, 7) is 6.99. The van der Waals surface area contributed by atoms with Crippen LogP contribution in [-0.2, 0) is 14.3 Å². The highest BCUT2D eigenvalue weighted by atomic mass is 16.5. The van der Waals surface area contributed by atoms with Crippen LogP contribution in [0.25, 0.3) is 11.1 Å². The molecule has 1 fully saturated rings. The van der Waals surface area contributed by atoms with E-state index < -0.39 is 24.0 Å². The summed E-state index contributed by atoms with van der Waals surface area (Å²) in [6.07, 6.45) is 0.687. The molecule has 2 amide bonds. The molecule has 7 heteroatoms. The zero-order valence-electron chi connectivity index (χ0n) is 20.6. The standard InChI is InChI=1S/C28H34N2O5/c1-28(2,3)16-24(25(31)30-14-12-18(13-15-30)26(32)33)29-27(34)35-17-23-21-10-6-4-8-19(21)20-9-5-7-11-22(20)23/h4-11,18,23-24H,12-17H2,1-3H3,(H,29,34)(H,32,33). The van der Waals surface area contributed by atoms with E-state index in [0.29, 0.717) is 32.4 Å². The van der Waals surface area contributed by atoms with Crippen molar-refractivity contribution in [3.05, 3.63) is 59.7 Å². The number of rotatable bonds is 6. The number of hydrogen-bond donors (Lipinski definition) is 2. The van der Waals surface area contributed by atoms with Crippen molar-refractivity contribution >= 4 is 18.0 Å². The minimum Gasteiger partial charge on any atom is -0.481 e. The van der Waals surface area contributed by atoms with Crippen molar-refractivity contribution < 1.29 is 24.2 Å². The zero-order valence-corrected chi connectivity index (χ0v) is 20.6. The maximum atomic E-state index is 13.3. The lowest BCUT2D eigenvalue weighted by atomic mass is 9.87. The molecule has 0 aromatic heterocycles. The van der Waals surface area contributed by atoms with E-state index >= 15 is 0 Å². The van der Waals surface area contributed by atoms with Crippen molar-refractivity contribution in [2.75, 3.05) is 19.7 Å². The Bertz CT molecular complexity index is 1050. The Kier molecular flexibility index (Phi) is 7.15. The topological polar surface area (TPSA) is 95.9 Å². The lowest BCUT2D eigenvalue weighted by molar-refractivity contribution is -0.146. The molecular formula is C28H34N2O5. The average Bonchev–Trinajstić information content (AvgIpc) is 3.15. The molecule has 1 saturated heterocycles. The number of amides is 2. The smallest absolute Gasteiger partial charge is 0.407 e. The van der Waals surface area contributed by atoms with Gasteiger partial charge in [-0.1, -0.05) is 69.3 Å². The molecule has 2 aromatic rings. The molecule has 35 heavy (non-hydrogen) atoms. The van der Waals surface area contributed by atoms with E-state index in [9.17, 15) is 19.5 Å². The number of hydrogen-bond acceptors (Lipinski definition) is 4.